The van der Waals surface area contributed by atoms with Gasteiger partial charge in [-0.2, -0.15) is 0 Å². The van der Waals surface area contributed by atoms with Gasteiger partial charge in [0.2, 0.25) is 5.91 Å². The van der Waals surface area contributed by atoms with Gasteiger partial charge < -0.3 is 15.5 Å². The maximum absolute atomic E-state index is 12.3. The van der Waals surface area contributed by atoms with Crippen LogP contribution in [0.5, 0.6) is 0 Å². The van der Waals surface area contributed by atoms with E-state index in [1.165, 1.54) is 6.42 Å². The molecule has 1 aliphatic heterocycles. The van der Waals surface area contributed by atoms with Gasteiger partial charge >= 0.3 is 0 Å². The molecule has 0 spiro atoms. The molecule has 1 heterocycles. The molecule has 2 aliphatic rings. The summed E-state index contributed by atoms with van der Waals surface area (Å²) >= 11 is 12.2. The van der Waals surface area contributed by atoms with Crippen LogP contribution in [0.25, 0.3) is 0 Å². The number of piperazine rings is 1. The number of hydrogen-bond donors (Lipinski definition) is 2. The number of guanidine groups is 1. The summed E-state index contributed by atoms with van der Waals surface area (Å²) in [5, 5.41) is 7.91. The molecule has 1 aromatic rings. The van der Waals surface area contributed by atoms with Crippen LogP contribution in [0.1, 0.15) is 31.7 Å². The number of hydrogen-bond acceptors (Lipinski definition) is 3. The average molecular weight is 568 g/mol. The van der Waals surface area contributed by atoms with E-state index in [1.54, 1.807) is 6.07 Å². The summed E-state index contributed by atoms with van der Waals surface area (Å²) < 4.78 is 0. The molecular weight excluding hydrogens is 536 g/mol. The average Bonchev–Trinajstić information content (AvgIpc) is 2.66. The van der Waals surface area contributed by atoms with Gasteiger partial charge in [0.05, 0.1) is 6.54 Å². The first kappa shape index (κ1) is 25.5. The SMILES string of the molecule is CCNC(=NCc1ccc(Cl)cc1Cl)NCCN1CCN(C(=O)C2CCC2)CC1.I. The Hall–Kier alpha value is -0.770. The maximum Gasteiger partial charge on any atom is 0.225 e. The zero-order valence-corrected chi connectivity index (χ0v) is 21.3. The van der Waals surface area contributed by atoms with Gasteiger partial charge in [-0.1, -0.05) is 35.7 Å². The summed E-state index contributed by atoms with van der Waals surface area (Å²) in [5.41, 5.74) is 0.945. The van der Waals surface area contributed by atoms with Crippen LogP contribution >= 0.6 is 47.2 Å². The minimum Gasteiger partial charge on any atom is -0.357 e. The molecule has 1 aliphatic carbocycles. The highest BCUT2D eigenvalue weighted by Crippen LogP contribution is 2.28. The molecule has 1 saturated heterocycles. The number of carbonyl (C=O) groups excluding carboxylic acids is 1. The third-order valence-corrected chi connectivity index (χ3v) is 6.21. The van der Waals surface area contributed by atoms with E-state index in [0.29, 0.717) is 28.4 Å². The Morgan fingerprint density at radius 3 is 2.50 bits per heavy atom. The van der Waals surface area contributed by atoms with E-state index in [-0.39, 0.29) is 24.0 Å². The van der Waals surface area contributed by atoms with Crippen molar-refractivity contribution in [3.05, 3.63) is 33.8 Å². The zero-order valence-electron chi connectivity index (χ0n) is 17.5. The van der Waals surface area contributed by atoms with E-state index < -0.39 is 0 Å². The topological polar surface area (TPSA) is 60.0 Å². The van der Waals surface area contributed by atoms with Crippen molar-refractivity contribution in [3.8, 4) is 0 Å². The van der Waals surface area contributed by atoms with E-state index in [1.807, 2.05) is 19.1 Å². The quantitative estimate of drug-likeness (QED) is 0.300. The van der Waals surface area contributed by atoms with Crippen LogP contribution in [0.15, 0.2) is 23.2 Å². The highest BCUT2D eigenvalue weighted by molar-refractivity contribution is 14.0. The summed E-state index contributed by atoms with van der Waals surface area (Å²) in [4.78, 5) is 21.4. The zero-order chi connectivity index (χ0) is 20.6. The molecule has 0 bridgehead atoms. The van der Waals surface area contributed by atoms with Crippen molar-refractivity contribution in [1.82, 2.24) is 20.4 Å². The number of aliphatic imine (C=N–C) groups is 1. The van der Waals surface area contributed by atoms with Crippen LogP contribution in [0, 0.1) is 5.92 Å². The summed E-state index contributed by atoms with van der Waals surface area (Å²) in [5.74, 6) is 1.45. The van der Waals surface area contributed by atoms with Crippen LogP contribution < -0.4 is 10.6 Å². The van der Waals surface area contributed by atoms with Crippen LogP contribution in [-0.2, 0) is 11.3 Å². The third kappa shape index (κ3) is 7.43. The highest BCUT2D eigenvalue weighted by atomic mass is 127. The molecule has 1 aromatic carbocycles. The molecule has 0 atom stereocenters. The number of nitrogens with zero attached hydrogens (tertiary/aromatic N) is 3. The predicted octanol–water partition coefficient (Wildman–Crippen LogP) is 3.61. The Balaban J connectivity index is 0.00000320. The van der Waals surface area contributed by atoms with Crippen LogP contribution in [0.3, 0.4) is 0 Å². The lowest BCUT2D eigenvalue weighted by molar-refractivity contribution is -0.139. The van der Waals surface area contributed by atoms with Crippen molar-refractivity contribution >= 4 is 59.0 Å². The summed E-state index contributed by atoms with van der Waals surface area (Å²) in [6.45, 7) is 8.63. The first-order valence-corrected chi connectivity index (χ1v) is 11.3. The Morgan fingerprint density at radius 1 is 1.17 bits per heavy atom. The Labute approximate surface area is 206 Å². The smallest absolute Gasteiger partial charge is 0.225 e. The molecule has 0 unspecified atom stereocenters. The van der Waals surface area contributed by atoms with Crippen molar-refractivity contribution in [1.29, 1.82) is 0 Å². The highest BCUT2D eigenvalue weighted by Gasteiger charge is 2.30. The van der Waals surface area contributed by atoms with E-state index in [2.05, 4.69) is 25.4 Å². The summed E-state index contributed by atoms with van der Waals surface area (Å²) in [6, 6.07) is 5.47. The first-order valence-electron chi connectivity index (χ1n) is 10.5. The van der Waals surface area contributed by atoms with Gasteiger partial charge in [-0.3, -0.25) is 9.69 Å². The standard InChI is InChI=1S/C21H31Cl2N5O.HI/c1-2-24-21(26-15-17-6-7-18(22)14-19(17)23)25-8-9-27-10-12-28(13-11-27)20(29)16-4-3-5-16;/h6-7,14,16H,2-5,8-13,15H2,1H3,(H2,24,25,26);1H. The monoisotopic (exact) mass is 567 g/mol. The largest absolute Gasteiger partial charge is 0.357 e. The van der Waals surface area contributed by atoms with Gasteiger partial charge in [-0.05, 0) is 37.5 Å². The molecule has 30 heavy (non-hydrogen) atoms. The van der Waals surface area contributed by atoms with Gasteiger partial charge in [0.15, 0.2) is 5.96 Å². The fraction of sp³-hybridized carbons (Fsp3) is 0.619. The molecular formula is C21H32Cl2IN5O. The van der Waals surface area contributed by atoms with Crippen molar-refractivity contribution in [3.63, 3.8) is 0 Å². The number of benzene rings is 1. The molecule has 0 radical (unpaired) electrons. The summed E-state index contributed by atoms with van der Waals surface area (Å²) in [6.07, 6.45) is 3.37. The lowest BCUT2D eigenvalue weighted by atomic mass is 9.84. The number of halogens is 3. The van der Waals surface area contributed by atoms with E-state index in [9.17, 15) is 4.79 Å². The normalized spacial score (nSPS) is 17.8. The third-order valence-electron chi connectivity index (χ3n) is 5.63. The number of carbonyl (C=O) groups is 1. The second-order valence-electron chi connectivity index (χ2n) is 7.65. The second-order valence-corrected chi connectivity index (χ2v) is 8.50. The fourth-order valence-corrected chi connectivity index (χ4v) is 4.06. The Bertz CT molecular complexity index is 721. The molecule has 6 nitrogen and oxygen atoms in total. The van der Waals surface area contributed by atoms with Gasteiger partial charge in [-0.25, -0.2) is 4.99 Å². The van der Waals surface area contributed by atoms with Crippen molar-refractivity contribution < 1.29 is 4.79 Å². The van der Waals surface area contributed by atoms with Crippen LogP contribution in [-0.4, -0.2) is 67.5 Å². The maximum atomic E-state index is 12.3. The first-order chi connectivity index (χ1) is 14.1. The van der Waals surface area contributed by atoms with Gasteiger partial charge in [-0.15, -0.1) is 24.0 Å². The second kappa shape index (κ2) is 12.9. The molecule has 168 valence electrons. The molecule has 2 N–H and O–H groups in total. The molecule has 0 aromatic heterocycles. The van der Waals surface area contributed by atoms with Gasteiger partial charge in [0, 0.05) is 61.8 Å². The number of amides is 1. The molecule has 1 amide bonds. The van der Waals surface area contributed by atoms with Crippen LogP contribution in [0.2, 0.25) is 10.0 Å². The molecule has 2 fully saturated rings. The minimum absolute atomic E-state index is 0. The number of nitrogens with one attached hydrogen (secondary N) is 2. The number of rotatable bonds is 7. The lowest BCUT2D eigenvalue weighted by Gasteiger charge is -2.38. The minimum atomic E-state index is 0. The van der Waals surface area contributed by atoms with Gasteiger partial charge in [0.25, 0.3) is 0 Å². The van der Waals surface area contributed by atoms with E-state index in [4.69, 9.17) is 23.2 Å². The van der Waals surface area contributed by atoms with E-state index >= 15 is 0 Å². The van der Waals surface area contributed by atoms with E-state index in [0.717, 1.165) is 70.2 Å². The van der Waals surface area contributed by atoms with Crippen molar-refractivity contribution in [2.75, 3.05) is 45.8 Å². The Morgan fingerprint density at radius 2 is 1.90 bits per heavy atom. The van der Waals surface area contributed by atoms with Gasteiger partial charge in [0.1, 0.15) is 0 Å². The fourth-order valence-electron chi connectivity index (χ4n) is 3.59. The lowest BCUT2D eigenvalue weighted by Crippen LogP contribution is -2.52. The molecule has 9 heteroatoms. The van der Waals surface area contributed by atoms with Crippen LogP contribution in [0.4, 0.5) is 0 Å². The molecule has 1 saturated carbocycles. The molecule has 3 rings (SSSR count). The van der Waals surface area contributed by atoms with Crippen molar-refractivity contribution in [2.45, 2.75) is 32.7 Å². The summed E-state index contributed by atoms with van der Waals surface area (Å²) in [7, 11) is 0. The Kier molecular flexibility index (Phi) is 11.0. The predicted molar refractivity (Wildman–Crippen MR) is 135 cm³/mol. The van der Waals surface area contributed by atoms with Crippen molar-refractivity contribution in [2.24, 2.45) is 10.9 Å².